The minimum Gasteiger partial charge on any atom is -0.507 e. The molecule has 1 saturated heterocycles. The van der Waals surface area contributed by atoms with Crippen molar-refractivity contribution in [1.82, 2.24) is 0 Å². The second-order valence-electron chi connectivity index (χ2n) is 8.06. The zero-order valence-corrected chi connectivity index (χ0v) is 19.4. The molecule has 0 radical (unpaired) electrons. The van der Waals surface area contributed by atoms with Gasteiger partial charge in [-0.1, -0.05) is 61.5 Å². The Morgan fingerprint density at radius 3 is 2.59 bits per heavy atom. The number of fused-ring (bicyclic) bond motifs is 1. The molecule has 5 rings (SSSR count). The van der Waals surface area contributed by atoms with Crippen molar-refractivity contribution in [2.24, 2.45) is 0 Å². The number of hydrogen-bond donors (Lipinski definition) is 1. The van der Waals surface area contributed by atoms with Crippen molar-refractivity contribution in [3.05, 3.63) is 100 Å². The number of amides is 1. The third-order valence-corrected chi connectivity index (χ3v) is 6.79. The second-order valence-corrected chi connectivity index (χ2v) is 9.04. The van der Waals surface area contributed by atoms with Crippen LogP contribution in [0.4, 0.5) is 5.69 Å². The third-order valence-electron chi connectivity index (χ3n) is 5.86. The van der Waals surface area contributed by atoms with Crippen LogP contribution in [0, 0.1) is 0 Å². The molecule has 34 heavy (non-hydrogen) atoms. The van der Waals surface area contributed by atoms with Gasteiger partial charge in [0.2, 0.25) is 0 Å². The lowest BCUT2D eigenvalue weighted by atomic mass is 9.99. The maximum atomic E-state index is 13.4. The SMILES string of the molecule is CCCOc1cccc(/C(O)=C2/C(=O)C(=O)N(c3cccc4ccccc34)C2c2cccs2)c1. The van der Waals surface area contributed by atoms with E-state index in [1.807, 2.05) is 66.9 Å². The highest BCUT2D eigenvalue weighted by atomic mass is 32.1. The van der Waals surface area contributed by atoms with Gasteiger partial charge >= 0.3 is 0 Å². The molecule has 0 aliphatic carbocycles. The molecule has 6 heteroatoms. The molecule has 1 amide bonds. The van der Waals surface area contributed by atoms with Gasteiger partial charge in [-0.15, -0.1) is 11.3 Å². The smallest absolute Gasteiger partial charge is 0.300 e. The number of rotatable bonds is 6. The number of hydrogen-bond acceptors (Lipinski definition) is 5. The van der Waals surface area contributed by atoms with Crippen LogP contribution in [-0.2, 0) is 9.59 Å². The van der Waals surface area contributed by atoms with Gasteiger partial charge in [-0.05, 0) is 41.5 Å². The monoisotopic (exact) mass is 469 g/mol. The third kappa shape index (κ3) is 3.76. The number of Topliss-reactive ketones (excluding diaryl/α,β-unsaturated/α-hetero) is 1. The van der Waals surface area contributed by atoms with Crippen LogP contribution in [0.25, 0.3) is 16.5 Å². The lowest BCUT2D eigenvalue weighted by Crippen LogP contribution is -2.29. The second kappa shape index (κ2) is 9.15. The van der Waals surface area contributed by atoms with Crippen LogP contribution in [0.15, 0.2) is 89.8 Å². The van der Waals surface area contributed by atoms with E-state index in [0.717, 1.165) is 22.1 Å². The molecule has 1 unspecified atom stereocenters. The van der Waals surface area contributed by atoms with Gasteiger partial charge in [0.05, 0.1) is 17.9 Å². The van der Waals surface area contributed by atoms with Gasteiger partial charge < -0.3 is 9.84 Å². The number of aliphatic hydroxyl groups is 1. The maximum absolute atomic E-state index is 13.4. The predicted octanol–water partition coefficient (Wildman–Crippen LogP) is 6.32. The lowest BCUT2D eigenvalue weighted by Gasteiger charge is -2.25. The van der Waals surface area contributed by atoms with E-state index in [4.69, 9.17) is 4.74 Å². The van der Waals surface area contributed by atoms with Gasteiger partial charge in [-0.2, -0.15) is 0 Å². The van der Waals surface area contributed by atoms with E-state index in [1.165, 1.54) is 16.2 Å². The van der Waals surface area contributed by atoms with E-state index in [1.54, 1.807) is 24.3 Å². The number of anilines is 1. The fraction of sp³-hybridized carbons (Fsp3) is 0.143. The number of ether oxygens (including phenoxy) is 1. The summed E-state index contributed by atoms with van der Waals surface area (Å²) in [7, 11) is 0. The summed E-state index contributed by atoms with van der Waals surface area (Å²) >= 11 is 1.44. The molecular formula is C28H23NO4S. The molecule has 2 heterocycles. The highest BCUT2D eigenvalue weighted by Crippen LogP contribution is 2.45. The Balaban J connectivity index is 1.69. The zero-order valence-electron chi connectivity index (χ0n) is 18.6. The molecule has 0 saturated carbocycles. The Morgan fingerprint density at radius 1 is 1.00 bits per heavy atom. The summed E-state index contributed by atoms with van der Waals surface area (Å²) in [6.07, 6.45) is 0.852. The van der Waals surface area contributed by atoms with Gasteiger partial charge in [0, 0.05) is 15.8 Å². The van der Waals surface area contributed by atoms with Crippen LogP contribution in [0.5, 0.6) is 5.75 Å². The minimum atomic E-state index is -0.731. The molecule has 3 aromatic carbocycles. The topological polar surface area (TPSA) is 66.8 Å². The van der Waals surface area contributed by atoms with Crippen molar-refractivity contribution in [2.75, 3.05) is 11.5 Å². The van der Waals surface area contributed by atoms with Crippen molar-refractivity contribution in [3.63, 3.8) is 0 Å². The van der Waals surface area contributed by atoms with E-state index in [-0.39, 0.29) is 11.3 Å². The Labute approximate surface area is 201 Å². The number of carbonyl (C=O) groups excluding carboxylic acids is 2. The predicted molar refractivity (Wildman–Crippen MR) is 135 cm³/mol. The number of nitrogens with zero attached hydrogens (tertiary/aromatic N) is 1. The summed E-state index contributed by atoms with van der Waals surface area (Å²) < 4.78 is 5.70. The summed E-state index contributed by atoms with van der Waals surface area (Å²) in [6.45, 7) is 2.56. The molecular weight excluding hydrogens is 446 g/mol. The summed E-state index contributed by atoms with van der Waals surface area (Å²) in [6, 6.07) is 23.4. The average Bonchev–Trinajstić information content (AvgIpc) is 3.49. The van der Waals surface area contributed by atoms with E-state index in [0.29, 0.717) is 23.6 Å². The van der Waals surface area contributed by atoms with E-state index in [9.17, 15) is 14.7 Å². The Hall–Kier alpha value is -3.90. The van der Waals surface area contributed by atoms with Gasteiger partial charge in [-0.3, -0.25) is 14.5 Å². The molecule has 5 nitrogen and oxygen atoms in total. The number of ketones is 1. The van der Waals surface area contributed by atoms with Crippen LogP contribution in [0.3, 0.4) is 0 Å². The standard InChI is InChI=1S/C28H23NO4S/c1-2-15-33-20-11-5-10-19(17-20)26(30)24-25(23-14-7-16-34-23)29(28(32)27(24)31)22-13-6-9-18-8-3-4-12-21(18)22/h3-14,16-17,25,30H,2,15H2,1H3/b26-24-. The number of benzene rings is 3. The molecule has 1 aliphatic heterocycles. The fourth-order valence-corrected chi connectivity index (χ4v) is 5.15. The highest BCUT2D eigenvalue weighted by molar-refractivity contribution is 7.10. The molecule has 1 atom stereocenters. The normalized spacial score (nSPS) is 17.4. The van der Waals surface area contributed by atoms with Crippen molar-refractivity contribution < 1.29 is 19.4 Å². The van der Waals surface area contributed by atoms with Crippen molar-refractivity contribution >= 4 is 45.2 Å². The van der Waals surface area contributed by atoms with Crippen LogP contribution >= 0.6 is 11.3 Å². The number of carbonyl (C=O) groups is 2. The Morgan fingerprint density at radius 2 is 1.79 bits per heavy atom. The molecule has 1 N–H and O–H groups in total. The van der Waals surface area contributed by atoms with Gasteiger partial charge in [0.25, 0.3) is 11.7 Å². The molecule has 1 fully saturated rings. The number of aliphatic hydroxyl groups excluding tert-OH is 1. The van der Waals surface area contributed by atoms with Crippen LogP contribution in [-0.4, -0.2) is 23.4 Å². The fourth-order valence-electron chi connectivity index (χ4n) is 4.32. The Kier molecular flexibility index (Phi) is 5.90. The van der Waals surface area contributed by atoms with Gasteiger partial charge in [-0.25, -0.2) is 0 Å². The lowest BCUT2D eigenvalue weighted by molar-refractivity contribution is -0.132. The summed E-state index contributed by atoms with van der Waals surface area (Å²) in [5.74, 6) is -0.971. The van der Waals surface area contributed by atoms with Crippen molar-refractivity contribution in [3.8, 4) is 5.75 Å². The first-order valence-electron chi connectivity index (χ1n) is 11.2. The maximum Gasteiger partial charge on any atom is 0.300 e. The van der Waals surface area contributed by atoms with Crippen LogP contribution < -0.4 is 9.64 Å². The minimum absolute atomic E-state index is 0.0769. The van der Waals surface area contributed by atoms with E-state index >= 15 is 0 Å². The summed E-state index contributed by atoms with van der Waals surface area (Å²) in [5, 5.41) is 15.1. The van der Waals surface area contributed by atoms with Gasteiger partial charge in [0.15, 0.2) is 0 Å². The van der Waals surface area contributed by atoms with E-state index < -0.39 is 17.7 Å². The quantitative estimate of drug-likeness (QED) is 0.204. The van der Waals surface area contributed by atoms with E-state index in [2.05, 4.69) is 0 Å². The molecule has 4 aromatic rings. The molecule has 170 valence electrons. The molecule has 1 aliphatic rings. The first kappa shape index (κ1) is 21.9. The first-order chi connectivity index (χ1) is 16.6. The van der Waals surface area contributed by atoms with Crippen LogP contribution in [0.1, 0.15) is 29.8 Å². The molecule has 0 bridgehead atoms. The van der Waals surface area contributed by atoms with Crippen LogP contribution in [0.2, 0.25) is 0 Å². The Bertz CT molecular complexity index is 1400. The summed E-state index contributed by atoms with van der Waals surface area (Å²) in [4.78, 5) is 29.1. The van der Waals surface area contributed by atoms with Crippen molar-refractivity contribution in [1.29, 1.82) is 0 Å². The largest absolute Gasteiger partial charge is 0.507 e. The zero-order chi connectivity index (χ0) is 23.7. The molecule has 0 spiro atoms. The molecule has 1 aromatic heterocycles. The first-order valence-corrected chi connectivity index (χ1v) is 12.0. The van der Waals surface area contributed by atoms with Crippen molar-refractivity contribution in [2.45, 2.75) is 19.4 Å². The highest BCUT2D eigenvalue weighted by Gasteiger charge is 2.47. The average molecular weight is 470 g/mol. The van der Waals surface area contributed by atoms with Gasteiger partial charge in [0.1, 0.15) is 17.6 Å². The summed E-state index contributed by atoms with van der Waals surface area (Å²) in [5.41, 5.74) is 1.15. The number of thiophene rings is 1.